The van der Waals surface area contributed by atoms with Gasteiger partial charge in [-0.3, -0.25) is 4.79 Å². The van der Waals surface area contributed by atoms with Crippen molar-refractivity contribution in [1.82, 2.24) is 5.32 Å². The van der Waals surface area contributed by atoms with Gasteiger partial charge in [0.1, 0.15) is 5.75 Å². The number of phenolic OH excluding ortho intramolecular Hbond substituents is 1. The molecule has 5 nitrogen and oxygen atoms in total. The molecule has 0 aromatic heterocycles. The molecule has 0 radical (unpaired) electrons. The molecule has 98 valence electrons. The number of para-hydroxylation sites is 1. The van der Waals surface area contributed by atoms with Gasteiger partial charge in [0, 0.05) is 0 Å². The molecule has 1 aliphatic rings. The minimum Gasteiger partial charge on any atom is -0.507 e. The maximum absolute atomic E-state index is 12.0. The first kappa shape index (κ1) is 12.9. The van der Waals surface area contributed by atoms with Crippen LogP contribution in [0.4, 0.5) is 0 Å². The number of phenols is 1. The van der Waals surface area contributed by atoms with Crippen LogP contribution in [0.1, 0.15) is 23.7 Å². The zero-order valence-electron chi connectivity index (χ0n) is 10.0. The second kappa shape index (κ2) is 4.28. The van der Waals surface area contributed by atoms with Crippen molar-refractivity contribution >= 4 is 15.7 Å². The molecule has 6 heteroatoms. The van der Waals surface area contributed by atoms with E-state index in [4.69, 9.17) is 0 Å². The Kier molecular flexibility index (Phi) is 3.06. The van der Waals surface area contributed by atoms with Crippen molar-refractivity contribution in [2.24, 2.45) is 0 Å². The normalized spacial score (nSPS) is 25.8. The summed E-state index contributed by atoms with van der Waals surface area (Å²) in [5.74, 6) is -0.531. The number of hydrogen-bond acceptors (Lipinski definition) is 4. The predicted octanol–water partition coefficient (Wildman–Crippen LogP) is 0.699. The van der Waals surface area contributed by atoms with Crippen LogP contribution in [0.5, 0.6) is 5.75 Å². The molecule has 1 unspecified atom stereocenters. The number of benzene rings is 1. The third kappa shape index (κ3) is 2.64. The second-order valence-electron chi connectivity index (χ2n) is 4.87. The average Bonchev–Trinajstić information content (AvgIpc) is 2.53. The average molecular weight is 269 g/mol. The number of rotatable bonds is 2. The Bertz CT molecular complexity index is 581. The lowest BCUT2D eigenvalue weighted by Gasteiger charge is -2.24. The highest BCUT2D eigenvalue weighted by Gasteiger charge is 2.39. The van der Waals surface area contributed by atoms with Crippen molar-refractivity contribution in [2.45, 2.75) is 18.9 Å². The van der Waals surface area contributed by atoms with Gasteiger partial charge in [-0.2, -0.15) is 0 Å². The summed E-state index contributed by atoms with van der Waals surface area (Å²) >= 11 is 0. The number of carbonyl (C=O) groups is 1. The smallest absolute Gasteiger partial charge is 0.255 e. The Morgan fingerprint density at radius 1 is 1.39 bits per heavy atom. The topological polar surface area (TPSA) is 83.5 Å². The quantitative estimate of drug-likeness (QED) is 0.827. The van der Waals surface area contributed by atoms with Crippen LogP contribution < -0.4 is 5.32 Å². The van der Waals surface area contributed by atoms with Gasteiger partial charge in [0.2, 0.25) is 0 Å². The molecule has 2 N–H and O–H groups in total. The van der Waals surface area contributed by atoms with E-state index in [2.05, 4.69) is 5.32 Å². The monoisotopic (exact) mass is 269 g/mol. The van der Waals surface area contributed by atoms with Gasteiger partial charge in [-0.1, -0.05) is 12.1 Å². The van der Waals surface area contributed by atoms with Crippen molar-refractivity contribution in [2.75, 3.05) is 11.5 Å². The molecule has 1 saturated heterocycles. The third-order valence-electron chi connectivity index (χ3n) is 3.07. The van der Waals surface area contributed by atoms with E-state index in [9.17, 15) is 18.3 Å². The van der Waals surface area contributed by atoms with Gasteiger partial charge in [0.05, 0.1) is 22.6 Å². The molecule has 1 atom stereocenters. The number of sulfone groups is 1. The Hall–Kier alpha value is -1.56. The lowest BCUT2D eigenvalue weighted by atomic mass is 10.0. The first-order valence-electron chi connectivity index (χ1n) is 5.62. The number of aromatic hydroxyl groups is 1. The van der Waals surface area contributed by atoms with Crippen molar-refractivity contribution in [3.8, 4) is 5.75 Å². The lowest BCUT2D eigenvalue weighted by Crippen LogP contribution is -2.46. The fraction of sp³-hybridized carbons (Fsp3) is 0.417. The first-order chi connectivity index (χ1) is 8.31. The highest BCUT2D eigenvalue weighted by atomic mass is 32.2. The first-order valence-corrected chi connectivity index (χ1v) is 7.44. The lowest BCUT2D eigenvalue weighted by molar-refractivity contribution is 0.0912. The predicted molar refractivity (Wildman–Crippen MR) is 67.2 cm³/mol. The van der Waals surface area contributed by atoms with Gasteiger partial charge in [0.25, 0.3) is 5.91 Å². The summed E-state index contributed by atoms with van der Waals surface area (Å²) in [4.78, 5) is 12.0. The van der Waals surface area contributed by atoms with Crippen LogP contribution >= 0.6 is 0 Å². The van der Waals surface area contributed by atoms with Crippen LogP contribution in [-0.2, 0) is 9.84 Å². The minimum atomic E-state index is -3.07. The van der Waals surface area contributed by atoms with Gasteiger partial charge in [0.15, 0.2) is 9.84 Å². The molecular weight excluding hydrogens is 254 g/mol. The van der Waals surface area contributed by atoms with E-state index in [0.29, 0.717) is 6.42 Å². The Labute approximate surface area is 106 Å². The summed E-state index contributed by atoms with van der Waals surface area (Å²) in [5, 5.41) is 12.3. The SMILES string of the molecule is CC1(NC(=O)c2ccccc2O)CCS(=O)(=O)C1. The second-order valence-corrected chi connectivity index (χ2v) is 7.06. The summed E-state index contributed by atoms with van der Waals surface area (Å²) < 4.78 is 22.9. The summed E-state index contributed by atoms with van der Waals surface area (Å²) in [6.07, 6.45) is 0.397. The summed E-state index contributed by atoms with van der Waals surface area (Å²) in [6.45, 7) is 1.70. The van der Waals surface area contributed by atoms with Gasteiger partial charge >= 0.3 is 0 Å². The van der Waals surface area contributed by atoms with E-state index in [-0.39, 0.29) is 22.8 Å². The van der Waals surface area contributed by atoms with Crippen LogP contribution in [0.15, 0.2) is 24.3 Å². The minimum absolute atomic E-state index is 0.0562. The Morgan fingerprint density at radius 2 is 2.06 bits per heavy atom. The molecule has 0 bridgehead atoms. The van der Waals surface area contributed by atoms with Gasteiger partial charge < -0.3 is 10.4 Å². The fourth-order valence-corrected chi connectivity index (χ4v) is 4.21. The Morgan fingerprint density at radius 3 is 2.61 bits per heavy atom. The van der Waals surface area contributed by atoms with Crippen molar-refractivity contribution < 1.29 is 18.3 Å². The molecule has 0 saturated carbocycles. The molecule has 0 aliphatic carbocycles. The number of nitrogens with one attached hydrogen (secondary N) is 1. The van der Waals surface area contributed by atoms with Crippen molar-refractivity contribution in [3.63, 3.8) is 0 Å². The maximum atomic E-state index is 12.0. The zero-order valence-corrected chi connectivity index (χ0v) is 10.8. The summed E-state index contributed by atoms with van der Waals surface area (Å²) in [5.41, 5.74) is -0.596. The van der Waals surface area contributed by atoms with E-state index in [1.807, 2.05) is 0 Å². The van der Waals surface area contributed by atoms with Crippen molar-refractivity contribution in [1.29, 1.82) is 0 Å². The largest absolute Gasteiger partial charge is 0.507 e. The third-order valence-corrected chi connectivity index (χ3v) is 4.97. The summed E-state index contributed by atoms with van der Waals surface area (Å²) in [6, 6.07) is 6.18. The standard InChI is InChI=1S/C12H15NO4S/c1-12(6-7-18(16,17)8-12)13-11(15)9-4-2-3-5-10(9)14/h2-5,14H,6-8H2,1H3,(H,13,15). The number of amides is 1. The van der Waals surface area contributed by atoms with Crippen LogP contribution in [0.2, 0.25) is 0 Å². The maximum Gasteiger partial charge on any atom is 0.255 e. The summed E-state index contributed by atoms with van der Waals surface area (Å²) in [7, 11) is -3.07. The highest BCUT2D eigenvalue weighted by molar-refractivity contribution is 7.91. The molecule has 18 heavy (non-hydrogen) atoms. The van der Waals surface area contributed by atoms with Gasteiger partial charge in [-0.05, 0) is 25.5 Å². The number of carbonyl (C=O) groups excluding carboxylic acids is 1. The zero-order chi connectivity index (χ0) is 13.4. The van der Waals surface area contributed by atoms with Crippen LogP contribution in [0, 0.1) is 0 Å². The van der Waals surface area contributed by atoms with E-state index in [1.54, 1.807) is 19.1 Å². The molecule has 0 spiro atoms. The van der Waals surface area contributed by atoms with E-state index in [0.717, 1.165) is 0 Å². The molecule has 1 aromatic carbocycles. The van der Waals surface area contributed by atoms with Gasteiger partial charge in [-0.25, -0.2) is 8.42 Å². The molecule has 2 rings (SSSR count). The van der Waals surface area contributed by atoms with E-state index < -0.39 is 21.3 Å². The fourth-order valence-electron chi connectivity index (χ4n) is 2.12. The molecule has 1 amide bonds. The molecule has 1 fully saturated rings. The molecule has 1 heterocycles. The van der Waals surface area contributed by atoms with Gasteiger partial charge in [-0.15, -0.1) is 0 Å². The molecule has 1 aromatic rings. The number of hydrogen-bond donors (Lipinski definition) is 2. The highest BCUT2D eigenvalue weighted by Crippen LogP contribution is 2.24. The van der Waals surface area contributed by atoms with Crippen LogP contribution in [-0.4, -0.2) is 36.5 Å². The van der Waals surface area contributed by atoms with Crippen LogP contribution in [0.3, 0.4) is 0 Å². The molecular formula is C12H15NO4S. The van der Waals surface area contributed by atoms with Crippen LogP contribution in [0.25, 0.3) is 0 Å². The van der Waals surface area contributed by atoms with Crippen molar-refractivity contribution in [3.05, 3.63) is 29.8 Å². The Balaban J connectivity index is 2.16. The molecule has 1 aliphatic heterocycles. The van der Waals surface area contributed by atoms with E-state index >= 15 is 0 Å². The van der Waals surface area contributed by atoms with E-state index in [1.165, 1.54) is 12.1 Å².